The highest BCUT2D eigenvalue weighted by Gasteiger charge is 2.19. The average molecular weight is 281 g/mol. The number of aryl methyl sites for hydroxylation is 1. The number of rotatable bonds is 2. The van der Waals surface area contributed by atoms with Crippen LogP contribution < -0.4 is 5.73 Å². The number of hydrogen-bond acceptors (Lipinski definition) is 3. The van der Waals surface area contributed by atoms with Crippen LogP contribution >= 0.6 is 11.3 Å². The van der Waals surface area contributed by atoms with Gasteiger partial charge in [0, 0.05) is 16.5 Å². The summed E-state index contributed by atoms with van der Waals surface area (Å²) in [5.74, 6) is -1.58. The van der Waals surface area contributed by atoms with Gasteiger partial charge in [-0.2, -0.15) is 0 Å². The van der Waals surface area contributed by atoms with Gasteiger partial charge < -0.3 is 10.8 Å². The van der Waals surface area contributed by atoms with Gasteiger partial charge in [0.15, 0.2) is 0 Å². The second kappa shape index (κ2) is 6.33. The average Bonchev–Trinajstić information content (AvgIpc) is 2.73. The lowest BCUT2D eigenvalue weighted by atomic mass is 10.0. The molecule has 0 spiro atoms. The standard InChI is InChI=1S/C12H10FNO2S.C2H6/c1-6-2-3-7(9(13)4-6)8-5-17-11(14)10(8)12(15)16;1-2/h2-5H,14H2,1H3,(H,15,16);1-2H3. The van der Waals surface area contributed by atoms with Crippen molar-refractivity contribution in [2.24, 2.45) is 0 Å². The zero-order valence-corrected chi connectivity index (χ0v) is 11.8. The highest BCUT2D eigenvalue weighted by Crippen LogP contribution is 2.35. The summed E-state index contributed by atoms with van der Waals surface area (Å²) >= 11 is 1.10. The quantitative estimate of drug-likeness (QED) is 0.868. The summed E-state index contributed by atoms with van der Waals surface area (Å²) in [5, 5.41) is 10.8. The first-order valence-electron chi connectivity index (χ1n) is 5.87. The maximum absolute atomic E-state index is 13.8. The monoisotopic (exact) mass is 281 g/mol. The number of hydrogen-bond donors (Lipinski definition) is 2. The summed E-state index contributed by atoms with van der Waals surface area (Å²) in [6.07, 6.45) is 0. The molecule has 1 aromatic heterocycles. The molecule has 0 fully saturated rings. The van der Waals surface area contributed by atoms with E-state index in [4.69, 9.17) is 10.8 Å². The fraction of sp³-hybridized carbons (Fsp3) is 0.214. The number of carboxylic acid groups (broad SMARTS) is 1. The van der Waals surface area contributed by atoms with Crippen LogP contribution in [0.15, 0.2) is 23.6 Å². The summed E-state index contributed by atoms with van der Waals surface area (Å²) in [6.45, 7) is 5.77. The number of aromatic carboxylic acids is 1. The molecule has 0 aliphatic heterocycles. The van der Waals surface area contributed by atoms with Gasteiger partial charge in [-0.3, -0.25) is 0 Å². The van der Waals surface area contributed by atoms with E-state index in [0.717, 1.165) is 16.9 Å². The Balaban J connectivity index is 0.000000861. The molecule has 5 heteroatoms. The minimum absolute atomic E-state index is 0.0299. The zero-order chi connectivity index (χ0) is 14.6. The van der Waals surface area contributed by atoms with E-state index in [1.165, 1.54) is 6.07 Å². The SMILES string of the molecule is CC.Cc1ccc(-c2csc(N)c2C(=O)O)c(F)c1. The molecule has 102 valence electrons. The molecule has 0 radical (unpaired) electrons. The minimum atomic E-state index is -1.14. The van der Waals surface area contributed by atoms with Gasteiger partial charge in [-0.05, 0) is 18.6 Å². The second-order valence-corrected chi connectivity index (χ2v) is 4.59. The van der Waals surface area contributed by atoms with Crippen LogP contribution in [-0.4, -0.2) is 11.1 Å². The number of carbonyl (C=O) groups is 1. The van der Waals surface area contributed by atoms with Crippen LogP contribution in [-0.2, 0) is 0 Å². The number of anilines is 1. The minimum Gasteiger partial charge on any atom is -0.478 e. The van der Waals surface area contributed by atoms with Crippen molar-refractivity contribution in [3.8, 4) is 11.1 Å². The van der Waals surface area contributed by atoms with Crippen molar-refractivity contribution >= 4 is 22.3 Å². The van der Waals surface area contributed by atoms with Crippen molar-refractivity contribution < 1.29 is 14.3 Å². The third-order valence-electron chi connectivity index (χ3n) is 2.45. The summed E-state index contributed by atoms with van der Waals surface area (Å²) in [5.41, 5.74) is 6.92. The molecule has 0 aliphatic rings. The lowest BCUT2D eigenvalue weighted by Gasteiger charge is -2.04. The normalized spacial score (nSPS) is 9.68. The Labute approximate surface area is 115 Å². The van der Waals surface area contributed by atoms with E-state index in [0.29, 0.717) is 5.56 Å². The molecule has 0 unspecified atom stereocenters. The van der Waals surface area contributed by atoms with Crippen molar-refractivity contribution in [1.82, 2.24) is 0 Å². The molecular weight excluding hydrogens is 265 g/mol. The van der Waals surface area contributed by atoms with Gasteiger partial charge in [0.1, 0.15) is 16.4 Å². The summed E-state index contributed by atoms with van der Waals surface area (Å²) in [7, 11) is 0. The lowest BCUT2D eigenvalue weighted by Crippen LogP contribution is -2.01. The first-order chi connectivity index (χ1) is 9.00. The van der Waals surface area contributed by atoms with Crippen molar-refractivity contribution in [2.45, 2.75) is 20.8 Å². The van der Waals surface area contributed by atoms with Crippen LogP contribution in [0.5, 0.6) is 0 Å². The van der Waals surface area contributed by atoms with Crippen molar-refractivity contribution in [3.63, 3.8) is 0 Å². The van der Waals surface area contributed by atoms with Crippen molar-refractivity contribution in [2.75, 3.05) is 5.73 Å². The third kappa shape index (κ3) is 3.12. The summed E-state index contributed by atoms with van der Waals surface area (Å²) < 4.78 is 13.8. The number of halogens is 1. The Bertz CT molecular complexity index is 593. The molecule has 2 aromatic rings. The van der Waals surface area contributed by atoms with Crippen LogP contribution in [0.25, 0.3) is 11.1 Å². The number of benzene rings is 1. The molecule has 3 nitrogen and oxygen atoms in total. The Morgan fingerprint density at radius 2 is 1.95 bits per heavy atom. The zero-order valence-electron chi connectivity index (χ0n) is 11.0. The molecule has 0 aliphatic carbocycles. The first-order valence-corrected chi connectivity index (χ1v) is 6.75. The number of nitrogens with two attached hydrogens (primary N) is 1. The van der Waals surface area contributed by atoms with E-state index < -0.39 is 11.8 Å². The highest BCUT2D eigenvalue weighted by atomic mass is 32.1. The number of carboxylic acids is 1. The van der Waals surface area contributed by atoms with E-state index in [1.54, 1.807) is 24.4 Å². The Morgan fingerprint density at radius 3 is 2.47 bits per heavy atom. The van der Waals surface area contributed by atoms with Gasteiger partial charge in [-0.15, -0.1) is 11.3 Å². The smallest absolute Gasteiger partial charge is 0.339 e. The van der Waals surface area contributed by atoms with Gasteiger partial charge in [-0.1, -0.05) is 26.0 Å². The Morgan fingerprint density at radius 1 is 1.32 bits per heavy atom. The molecule has 0 saturated carbocycles. The third-order valence-corrected chi connectivity index (χ3v) is 3.26. The van der Waals surface area contributed by atoms with Crippen LogP contribution in [0.3, 0.4) is 0 Å². The predicted molar refractivity (Wildman–Crippen MR) is 77.2 cm³/mol. The molecule has 0 amide bonds. The van der Waals surface area contributed by atoms with Gasteiger partial charge >= 0.3 is 5.97 Å². The van der Waals surface area contributed by atoms with Gasteiger partial charge in [0.05, 0.1) is 0 Å². The molecule has 2 rings (SSSR count). The maximum Gasteiger partial charge on any atom is 0.339 e. The second-order valence-electron chi connectivity index (χ2n) is 3.68. The van der Waals surface area contributed by atoms with Gasteiger partial charge in [0.25, 0.3) is 0 Å². The van der Waals surface area contributed by atoms with Crippen LogP contribution in [0, 0.1) is 12.7 Å². The van der Waals surface area contributed by atoms with Crippen molar-refractivity contribution in [3.05, 3.63) is 40.5 Å². The molecule has 0 saturated heterocycles. The Kier molecular flexibility index (Phi) is 5.06. The van der Waals surface area contributed by atoms with Gasteiger partial charge in [-0.25, -0.2) is 9.18 Å². The van der Waals surface area contributed by atoms with Crippen LogP contribution in [0.1, 0.15) is 29.8 Å². The molecular formula is C14H16FNO2S. The topological polar surface area (TPSA) is 63.3 Å². The number of nitrogen functional groups attached to an aromatic ring is 1. The molecule has 1 heterocycles. The highest BCUT2D eigenvalue weighted by molar-refractivity contribution is 7.14. The molecule has 3 N–H and O–H groups in total. The Hall–Kier alpha value is -1.88. The molecule has 0 atom stereocenters. The molecule has 0 bridgehead atoms. The first kappa shape index (κ1) is 15.2. The van der Waals surface area contributed by atoms with Crippen LogP contribution in [0.2, 0.25) is 0 Å². The van der Waals surface area contributed by atoms with Gasteiger partial charge in [0.2, 0.25) is 0 Å². The van der Waals surface area contributed by atoms with Crippen molar-refractivity contribution in [1.29, 1.82) is 0 Å². The summed E-state index contributed by atoms with van der Waals surface area (Å²) in [6, 6.07) is 4.67. The molecule has 19 heavy (non-hydrogen) atoms. The van der Waals surface area contributed by atoms with Crippen LogP contribution in [0.4, 0.5) is 9.39 Å². The maximum atomic E-state index is 13.8. The summed E-state index contributed by atoms with van der Waals surface area (Å²) in [4.78, 5) is 11.1. The largest absolute Gasteiger partial charge is 0.478 e. The molecule has 1 aromatic carbocycles. The fourth-order valence-electron chi connectivity index (χ4n) is 1.63. The predicted octanol–water partition coefficient (Wildman–Crippen LogP) is 4.17. The van der Waals surface area contributed by atoms with E-state index in [1.807, 2.05) is 13.8 Å². The van der Waals surface area contributed by atoms with E-state index in [9.17, 15) is 9.18 Å². The van der Waals surface area contributed by atoms with E-state index >= 15 is 0 Å². The number of thiophene rings is 1. The van der Waals surface area contributed by atoms with E-state index in [-0.39, 0.29) is 16.1 Å². The van der Waals surface area contributed by atoms with E-state index in [2.05, 4.69) is 0 Å². The lowest BCUT2D eigenvalue weighted by molar-refractivity contribution is 0.0699. The fourth-order valence-corrected chi connectivity index (χ4v) is 2.44.